The highest BCUT2D eigenvalue weighted by molar-refractivity contribution is 6.59. The lowest BCUT2D eigenvalue weighted by Crippen LogP contribution is -2.46. The Morgan fingerprint density at radius 1 is 1.07 bits per heavy atom. The zero-order chi connectivity index (χ0) is 20.9. The number of hydrogen-bond donors (Lipinski definition) is 1. The number of benzene rings is 1. The van der Waals surface area contributed by atoms with Gasteiger partial charge in [0.25, 0.3) is 5.91 Å². The van der Waals surface area contributed by atoms with E-state index in [0.717, 1.165) is 0 Å². The van der Waals surface area contributed by atoms with E-state index < -0.39 is 55.2 Å². The van der Waals surface area contributed by atoms with Crippen LogP contribution >= 0.6 is 0 Å². The molecule has 1 aromatic rings. The summed E-state index contributed by atoms with van der Waals surface area (Å²) < 4.78 is 77.6. The van der Waals surface area contributed by atoms with Crippen LogP contribution in [0.1, 0.15) is 44.5 Å². The standard InChI is InChI=1S/C16H22F5NO4Si/c1-9(2)25-27(24,26-10(3)4)7-5-6-22(21)16(23)11-8-12(17)14(19)15(20)13(11)18/h8-10,24H,5-7H2,1-4H3. The average molecular weight is 415 g/mol. The van der Waals surface area contributed by atoms with Crippen LogP contribution in [0.3, 0.4) is 0 Å². The molecule has 1 amide bonds. The van der Waals surface area contributed by atoms with Crippen LogP contribution in [0.25, 0.3) is 0 Å². The van der Waals surface area contributed by atoms with Crippen molar-refractivity contribution >= 4 is 14.7 Å². The van der Waals surface area contributed by atoms with E-state index in [-0.39, 0.29) is 30.7 Å². The van der Waals surface area contributed by atoms with Crippen LogP contribution in [-0.4, -0.2) is 43.4 Å². The molecule has 0 radical (unpaired) electrons. The van der Waals surface area contributed by atoms with Crippen molar-refractivity contribution < 1.29 is 40.5 Å². The molecule has 1 N–H and O–H groups in total. The van der Waals surface area contributed by atoms with Gasteiger partial charge in [-0.3, -0.25) is 4.79 Å². The second kappa shape index (κ2) is 9.58. The first-order chi connectivity index (χ1) is 12.4. The maximum atomic E-state index is 14.0. The van der Waals surface area contributed by atoms with E-state index >= 15 is 0 Å². The summed E-state index contributed by atoms with van der Waals surface area (Å²) in [5.74, 6) is -9.78. The Labute approximate surface area is 155 Å². The summed E-state index contributed by atoms with van der Waals surface area (Å²) >= 11 is 0. The number of amides is 1. The number of carbonyl (C=O) groups excluding carboxylic acids is 1. The van der Waals surface area contributed by atoms with Crippen molar-refractivity contribution in [1.29, 1.82) is 0 Å². The molecular weight excluding hydrogens is 393 g/mol. The molecule has 0 aliphatic rings. The molecule has 0 heterocycles. The van der Waals surface area contributed by atoms with Crippen molar-refractivity contribution in [3.63, 3.8) is 0 Å². The third-order valence-electron chi connectivity index (χ3n) is 3.24. The van der Waals surface area contributed by atoms with Crippen molar-refractivity contribution in [2.75, 3.05) is 6.54 Å². The molecule has 11 heteroatoms. The van der Waals surface area contributed by atoms with Crippen molar-refractivity contribution in [1.82, 2.24) is 5.12 Å². The first-order valence-electron chi connectivity index (χ1n) is 8.26. The predicted molar refractivity (Wildman–Crippen MR) is 88.3 cm³/mol. The molecule has 0 aliphatic heterocycles. The molecule has 0 unspecified atom stereocenters. The summed E-state index contributed by atoms with van der Waals surface area (Å²) in [5.41, 5.74) is -1.28. The van der Waals surface area contributed by atoms with Gasteiger partial charge in [0.2, 0.25) is 0 Å². The van der Waals surface area contributed by atoms with Gasteiger partial charge >= 0.3 is 8.80 Å². The van der Waals surface area contributed by atoms with Gasteiger partial charge in [0.1, 0.15) is 0 Å². The van der Waals surface area contributed by atoms with Crippen LogP contribution in [0.4, 0.5) is 22.0 Å². The minimum atomic E-state index is -3.64. The molecule has 0 atom stereocenters. The summed E-state index contributed by atoms with van der Waals surface area (Å²) in [7, 11) is -3.64. The molecule has 0 spiro atoms. The number of nitrogens with zero attached hydrogens (tertiary/aromatic N) is 1. The minimum absolute atomic E-state index is 0.0809. The third-order valence-corrected chi connectivity index (χ3v) is 5.91. The number of hydrogen-bond acceptors (Lipinski definition) is 4. The van der Waals surface area contributed by atoms with Gasteiger partial charge in [0.05, 0.1) is 12.1 Å². The molecule has 0 saturated heterocycles. The van der Waals surface area contributed by atoms with Gasteiger partial charge < -0.3 is 13.6 Å². The molecule has 0 aliphatic carbocycles. The molecule has 0 aromatic heterocycles. The monoisotopic (exact) mass is 415 g/mol. The third kappa shape index (κ3) is 6.52. The summed E-state index contributed by atoms with van der Waals surface area (Å²) in [6.07, 6.45) is -0.844. The van der Waals surface area contributed by atoms with Crippen molar-refractivity contribution in [2.45, 2.75) is 52.4 Å². The zero-order valence-electron chi connectivity index (χ0n) is 15.4. The van der Waals surface area contributed by atoms with Gasteiger partial charge in [0.15, 0.2) is 23.3 Å². The summed E-state index contributed by atoms with van der Waals surface area (Å²) in [6, 6.07) is -0.0246. The van der Waals surface area contributed by atoms with Crippen LogP contribution in [0, 0.1) is 23.3 Å². The largest absolute Gasteiger partial charge is 0.498 e. The summed E-state index contributed by atoms with van der Waals surface area (Å²) in [6.45, 7) is 6.07. The first-order valence-corrected chi connectivity index (χ1v) is 10.2. The maximum Gasteiger partial charge on any atom is 0.498 e. The van der Waals surface area contributed by atoms with E-state index in [4.69, 9.17) is 8.85 Å². The first kappa shape index (κ1) is 23.5. The highest BCUT2D eigenvalue weighted by Gasteiger charge is 2.39. The maximum absolute atomic E-state index is 14.0. The number of rotatable bonds is 9. The van der Waals surface area contributed by atoms with E-state index in [9.17, 15) is 31.6 Å². The Morgan fingerprint density at radius 3 is 2.07 bits per heavy atom. The fraction of sp³-hybridized carbons (Fsp3) is 0.562. The van der Waals surface area contributed by atoms with Crippen molar-refractivity contribution in [3.05, 3.63) is 34.9 Å². The molecule has 0 saturated carbocycles. The van der Waals surface area contributed by atoms with Crippen LogP contribution in [-0.2, 0) is 8.85 Å². The lowest BCUT2D eigenvalue weighted by Gasteiger charge is -2.28. The second-order valence-corrected chi connectivity index (χ2v) is 8.79. The summed E-state index contributed by atoms with van der Waals surface area (Å²) in [5, 5.41) is -0.477. The SMILES string of the molecule is CC(C)O[Si](O)(CCCN(F)C(=O)c1cc(F)c(F)c(F)c1F)OC(C)C. The molecule has 0 bridgehead atoms. The van der Waals surface area contributed by atoms with Crippen molar-refractivity contribution in [2.24, 2.45) is 0 Å². The zero-order valence-corrected chi connectivity index (χ0v) is 16.4. The van der Waals surface area contributed by atoms with Gasteiger partial charge in [0, 0.05) is 18.3 Å². The van der Waals surface area contributed by atoms with E-state index in [2.05, 4.69) is 0 Å². The average Bonchev–Trinajstić information content (AvgIpc) is 2.53. The highest BCUT2D eigenvalue weighted by Crippen LogP contribution is 2.22. The van der Waals surface area contributed by atoms with Crippen LogP contribution < -0.4 is 0 Å². The Morgan fingerprint density at radius 2 is 1.59 bits per heavy atom. The molecule has 1 aromatic carbocycles. The number of carbonyl (C=O) groups is 1. The second-order valence-electron chi connectivity index (χ2n) is 6.39. The van der Waals surface area contributed by atoms with Gasteiger partial charge in [-0.05, 0) is 40.2 Å². The van der Waals surface area contributed by atoms with E-state index in [1.54, 1.807) is 27.7 Å². The molecule has 1 rings (SSSR count). The minimum Gasteiger partial charge on any atom is -0.390 e. The van der Waals surface area contributed by atoms with Gasteiger partial charge in [-0.1, -0.05) is 4.48 Å². The Hall–Kier alpha value is -1.56. The van der Waals surface area contributed by atoms with Crippen LogP contribution in [0.5, 0.6) is 0 Å². The Kier molecular flexibility index (Phi) is 8.33. The lowest BCUT2D eigenvalue weighted by molar-refractivity contribution is 0.0159. The van der Waals surface area contributed by atoms with Crippen LogP contribution in [0.2, 0.25) is 6.04 Å². The normalized spacial score (nSPS) is 12.1. The molecule has 27 heavy (non-hydrogen) atoms. The van der Waals surface area contributed by atoms with E-state index in [1.165, 1.54) is 0 Å². The molecule has 0 fully saturated rings. The number of halogens is 5. The topological polar surface area (TPSA) is 59.0 Å². The smallest absolute Gasteiger partial charge is 0.390 e. The predicted octanol–water partition coefficient (Wildman–Crippen LogP) is 3.74. The molecule has 154 valence electrons. The van der Waals surface area contributed by atoms with Gasteiger partial charge in [-0.25, -0.2) is 17.6 Å². The summed E-state index contributed by atoms with van der Waals surface area (Å²) in [4.78, 5) is 22.3. The quantitative estimate of drug-likeness (QED) is 0.220. The van der Waals surface area contributed by atoms with E-state index in [0.29, 0.717) is 0 Å². The van der Waals surface area contributed by atoms with Gasteiger partial charge in [-0.2, -0.15) is 5.12 Å². The fourth-order valence-electron chi connectivity index (χ4n) is 2.28. The molecule has 5 nitrogen and oxygen atoms in total. The highest BCUT2D eigenvalue weighted by atomic mass is 28.4. The molecular formula is C16H22F5NO4Si. The van der Waals surface area contributed by atoms with Crippen LogP contribution in [0.15, 0.2) is 6.07 Å². The Balaban J connectivity index is 2.79. The van der Waals surface area contributed by atoms with Gasteiger partial charge in [-0.15, -0.1) is 0 Å². The van der Waals surface area contributed by atoms with Crippen molar-refractivity contribution in [3.8, 4) is 0 Å². The fourth-order valence-corrected chi connectivity index (χ4v) is 4.65. The van der Waals surface area contributed by atoms with E-state index in [1.807, 2.05) is 0 Å². The Bertz CT molecular complexity index is 665. The lowest BCUT2D eigenvalue weighted by atomic mass is 10.1.